The first-order chi connectivity index (χ1) is 11.2. The molecule has 0 unspecified atom stereocenters. The Labute approximate surface area is 157 Å². The Balaban J connectivity index is 0.00000529. The first-order valence-electron chi connectivity index (χ1n) is 8.98. The van der Waals surface area contributed by atoms with Gasteiger partial charge in [-0.15, -0.1) is 24.0 Å². The average molecular weight is 385 g/mol. The third-order valence-electron chi connectivity index (χ3n) is 4.23. The first-order valence-corrected chi connectivity index (χ1v) is 9.52. The molecule has 1 aliphatic rings. The highest BCUT2D eigenvalue weighted by molar-refractivity contribution is 6.17. The number of nitrogens with two attached hydrogens (primary N) is 1. The molecule has 1 amide bonds. The Morgan fingerprint density at radius 2 is 1.58 bits per heavy atom. The van der Waals surface area contributed by atoms with Crippen molar-refractivity contribution in [1.29, 1.82) is 0 Å². The maximum atomic E-state index is 11.9. The van der Waals surface area contributed by atoms with Crippen LogP contribution in [-0.4, -0.2) is 50.8 Å². The van der Waals surface area contributed by atoms with Crippen molar-refractivity contribution in [1.82, 2.24) is 5.32 Å². The van der Waals surface area contributed by atoms with Crippen LogP contribution in [0.1, 0.15) is 51.4 Å². The van der Waals surface area contributed by atoms with Gasteiger partial charge in [-0.2, -0.15) is 0 Å². The molecule has 1 rings (SSSR count). The molecule has 0 saturated heterocycles. The zero-order valence-corrected chi connectivity index (χ0v) is 16.2. The topological polar surface area (TPSA) is 73.6 Å². The zero-order valence-electron chi connectivity index (χ0n) is 14.6. The monoisotopic (exact) mass is 384 g/mol. The molecule has 0 spiro atoms. The smallest absolute Gasteiger partial charge is 0.223 e. The number of nitrogens with one attached hydrogen (secondary N) is 1. The molecular weight excluding hydrogens is 351 g/mol. The molecule has 0 aliphatic heterocycles. The van der Waals surface area contributed by atoms with Crippen molar-refractivity contribution in [3.63, 3.8) is 0 Å². The highest BCUT2D eigenvalue weighted by Crippen LogP contribution is 2.22. The van der Waals surface area contributed by atoms with E-state index in [-0.39, 0.29) is 30.3 Å². The van der Waals surface area contributed by atoms with Gasteiger partial charge in [0.2, 0.25) is 5.91 Å². The number of amides is 1. The molecule has 3 N–H and O–H groups in total. The quantitative estimate of drug-likeness (QED) is 0.378. The predicted molar refractivity (Wildman–Crippen MR) is 101 cm³/mol. The van der Waals surface area contributed by atoms with Gasteiger partial charge in [-0.25, -0.2) is 0 Å². The standard InChI is InChI=1S/C17H33ClN2O3.ClH/c18-9-3-1-2-4-11-22-13-14-23-12-10-20-17(21)15-5-7-16(19)8-6-15;/h15-16H,1-14,19H2,(H,20,21);1H. The maximum absolute atomic E-state index is 11.9. The highest BCUT2D eigenvalue weighted by atomic mass is 35.5. The predicted octanol–water partition coefficient (Wildman–Crippen LogP) is 2.87. The van der Waals surface area contributed by atoms with Crippen LogP contribution in [0, 0.1) is 5.92 Å². The van der Waals surface area contributed by atoms with E-state index in [1.165, 1.54) is 12.8 Å². The van der Waals surface area contributed by atoms with E-state index in [1.807, 2.05) is 0 Å². The van der Waals surface area contributed by atoms with Crippen molar-refractivity contribution in [2.24, 2.45) is 11.7 Å². The molecule has 5 nitrogen and oxygen atoms in total. The SMILES string of the molecule is Cl.NC1CCC(C(=O)NCCOCCOCCCCCCCl)CC1. The van der Waals surface area contributed by atoms with E-state index >= 15 is 0 Å². The van der Waals surface area contributed by atoms with Crippen LogP contribution in [0.4, 0.5) is 0 Å². The Hall–Kier alpha value is -0.0700. The molecule has 0 aromatic carbocycles. The van der Waals surface area contributed by atoms with Gasteiger partial charge in [-0.1, -0.05) is 12.8 Å². The molecule has 0 aromatic rings. The van der Waals surface area contributed by atoms with Crippen LogP contribution in [0.15, 0.2) is 0 Å². The molecule has 7 heteroatoms. The van der Waals surface area contributed by atoms with Crippen LogP contribution < -0.4 is 11.1 Å². The maximum Gasteiger partial charge on any atom is 0.223 e. The van der Waals surface area contributed by atoms with Crippen molar-refractivity contribution >= 4 is 29.9 Å². The van der Waals surface area contributed by atoms with E-state index < -0.39 is 0 Å². The lowest BCUT2D eigenvalue weighted by Crippen LogP contribution is -2.37. The fourth-order valence-corrected chi connectivity index (χ4v) is 2.94. The number of hydrogen-bond acceptors (Lipinski definition) is 4. The Kier molecular flexibility index (Phi) is 16.4. The highest BCUT2D eigenvalue weighted by Gasteiger charge is 2.23. The molecule has 0 radical (unpaired) electrons. The summed E-state index contributed by atoms with van der Waals surface area (Å²) in [5.74, 6) is 1.03. The van der Waals surface area contributed by atoms with E-state index in [1.54, 1.807) is 0 Å². The van der Waals surface area contributed by atoms with Crippen molar-refractivity contribution < 1.29 is 14.3 Å². The third-order valence-corrected chi connectivity index (χ3v) is 4.50. The number of unbranched alkanes of at least 4 members (excludes halogenated alkanes) is 3. The molecule has 0 atom stereocenters. The molecule has 1 fully saturated rings. The van der Waals surface area contributed by atoms with Gasteiger partial charge in [0, 0.05) is 31.0 Å². The Morgan fingerprint density at radius 3 is 2.25 bits per heavy atom. The number of carbonyl (C=O) groups excluding carboxylic acids is 1. The van der Waals surface area contributed by atoms with Crippen LogP contribution in [0.3, 0.4) is 0 Å². The largest absolute Gasteiger partial charge is 0.379 e. The average Bonchev–Trinajstić information content (AvgIpc) is 2.56. The van der Waals surface area contributed by atoms with Crippen LogP contribution in [-0.2, 0) is 14.3 Å². The summed E-state index contributed by atoms with van der Waals surface area (Å²) in [6, 6.07) is 0.280. The molecule has 24 heavy (non-hydrogen) atoms. The summed E-state index contributed by atoms with van der Waals surface area (Å²) in [5, 5.41) is 2.94. The second-order valence-electron chi connectivity index (χ2n) is 6.23. The first kappa shape index (κ1) is 23.9. The number of ether oxygens (including phenoxy) is 2. The van der Waals surface area contributed by atoms with E-state index in [4.69, 9.17) is 26.8 Å². The number of hydrogen-bond donors (Lipinski definition) is 2. The third kappa shape index (κ3) is 12.3. The summed E-state index contributed by atoms with van der Waals surface area (Å²) in [5.41, 5.74) is 5.85. The lowest BCUT2D eigenvalue weighted by molar-refractivity contribution is -0.126. The Bertz CT molecular complexity index is 302. The van der Waals surface area contributed by atoms with Gasteiger partial charge in [0.25, 0.3) is 0 Å². The molecule has 1 aliphatic carbocycles. The van der Waals surface area contributed by atoms with Gasteiger partial charge >= 0.3 is 0 Å². The number of carbonyl (C=O) groups is 1. The van der Waals surface area contributed by atoms with Gasteiger partial charge < -0.3 is 20.5 Å². The van der Waals surface area contributed by atoms with Crippen LogP contribution in [0.2, 0.25) is 0 Å². The second kappa shape index (κ2) is 16.4. The second-order valence-corrected chi connectivity index (χ2v) is 6.61. The summed E-state index contributed by atoms with van der Waals surface area (Å²) < 4.78 is 10.9. The number of halogens is 2. The van der Waals surface area contributed by atoms with Gasteiger partial charge in [-0.05, 0) is 38.5 Å². The number of rotatable bonds is 13. The summed E-state index contributed by atoms with van der Waals surface area (Å²) in [6.07, 6.45) is 8.25. The molecule has 144 valence electrons. The normalized spacial score (nSPS) is 20.4. The fourth-order valence-electron chi connectivity index (χ4n) is 2.75. The van der Waals surface area contributed by atoms with Gasteiger partial charge in [0.1, 0.15) is 0 Å². The summed E-state index contributed by atoms with van der Waals surface area (Å²) in [7, 11) is 0. The van der Waals surface area contributed by atoms with E-state index in [9.17, 15) is 4.79 Å². The van der Waals surface area contributed by atoms with Gasteiger partial charge in [0.05, 0.1) is 19.8 Å². The van der Waals surface area contributed by atoms with E-state index in [2.05, 4.69) is 5.32 Å². The van der Waals surface area contributed by atoms with Crippen molar-refractivity contribution in [2.45, 2.75) is 57.4 Å². The summed E-state index contributed by atoms with van der Waals surface area (Å²) in [6.45, 7) is 3.09. The molecule has 0 bridgehead atoms. The molecule has 0 aromatic heterocycles. The van der Waals surface area contributed by atoms with E-state index in [0.717, 1.165) is 51.0 Å². The van der Waals surface area contributed by atoms with Gasteiger partial charge in [0.15, 0.2) is 0 Å². The van der Waals surface area contributed by atoms with E-state index in [0.29, 0.717) is 26.4 Å². The van der Waals surface area contributed by atoms with Crippen molar-refractivity contribution in [3.8, 4) is 0 Å². The molecule has 1 saturated carbocycles. The van der Waals surface area contributed by atoms with Crippen LogP contribution in [0.5, 0.6) is 0 Å². The summed E-state index contributed by atoms with van der Waals surface area (Å²) in [4.78, 5) is 11.9. The Morgan fingerprint density at radius 1 is 0.958 bits per heavy atom. The number of alkyl halides is 1. The lowest BCUT2D eigenvalue weighted by Gasteiger charge is -2.25. The fraction of sp³-hybridized carbons (Fsp3) is 0.941. The summed E-state index contributed by atoms with van der Waals surface area (Å²) >= 11 is 5.61. The van der Waals surface area contributed by atoms with Crippen molar-refractivity contribution in [3.05, 3.63) is 0 Å². The molecule has 0 heterocycles. The molecular formula is C17H34Cl2N2O3. The van der Waals surface area contributed by atoms with Crippen molar-refractivity contribution in [2.75, 3.05) is 38.9 Å². The van der Waals surface area contributed by atoms with Crippen LogP contribution >= 0.6 is 24.0 Å². The lowest BCUT2D eigenvalue weighted by atomic mass is 9.86. The minimum atomic E-state index is 0. The minimum absolute atomic E-state index is 0. The van der Waals surface area contributed by atoms with Crippen LogP contribution in [0.25, 0.3) is 0 Å². The minimum Gasteiger partial charge on any atom is -0.379 e. The van der Waals surface area contributed by atoms with Gasteiger partial charge in [-0.3, -0.25) is 4.79 Å². The zero-order chi connectivity index (χ0) is 16.8.